The van der Waals surface area contributed by atoms with Crippen LogP contribution in [0.5, 0.6) is 0 Å². The van der Waals surface area contributed by atoms with Gasteiger partial charge >= 0.3 is 11.9 Å². The average Bonchev–Trinajstić information content (AvgIpc) is 3.05. The van der Waals surface area contributed by atoms with Gasteiger partial charge in [-0.1, -0.05) is 29.8 Å². The van der Waals surface area contributed by atoms with Crippen molar-refractivity contribution in [2.75, 3.05) is 6.61 Å². The standard InChI is InChI=1S/C19H14ClNO7/c1-2-26-19(23)17-14(12-5-3-4-6-16(12)28-17)10-27-18(22)13-8-7-11(21(24)25)9-15(13)20/h3-9H,2,10H2,1H3. The second-order valence-corrected chi connectivity index (χ2v) is 6.03. The number of halogens is 1. The zero-order valence-corrected chi connectivity index (χ0v) is 15.4. The molecule has 0 bridgehead atoms. The molecule has 1 heterocycles. The number of furan rings is 1. The summed E-state index contributed by atoms with van der Waals surface area (Å²) in [6.45, 7) is 1.56. The highest BCUT2D eigenvalue weighted by atomic mass is 35.5. The molecule has 1 aromatic heterocycles. The summed E-state index contributed by atoms with van der Waals surface area (Å²) in [4.78, 5) is 34.7. The van der Waals surface area contributed by atoms with Crippen molar-refractivity contribution in [3.8, 4) is 0 Å². The Labute approximate surface area is 163 Å². The molecule has 0 unspecified atom stereocenters. The van der Waals surface area contributed by atoms with Crippen LogP contribution in [0.4, 0.5) is 5.69 Å². The summed E-state index contributed by atoms with van der Waals surface area (Å²) in [7, 11) is 0. The van der Waals surface area contributed by atoms with Crippen LogP contribution < -0.4 is 0 Å². The molecule has 28 heavy (non-hydrogen) atoms. The summed E-state index contributed by atoms with van der Waals surface area (Å²) < 4.78 is 15.8. The Bertz CT molecular complexity index is 1070. The number of non-ortho nitro benzene ring substituents is 1. The van der Waals surface area contributed by atoms with E-state index < -0.39 is 16.9 Å². The van der Waals surface area contributed by atoms with Crippen molar-refractivity contribution in [2.45, 2.75) is 13.5 Å². The maximum Gasteiger partial charge on any atom is 0.374 e. The minimum Gasteiger partial charge on any atom is -0.460 e. The summed E-state index contributed by atoms with van der Waals surface area (Å²) in [6, 6.07) is 10.3. The Morgan fingerprint density at radius 1 is 1.14 bits per heavy atom. The van der Waals surface area contributed by atoms with Gasteiger partial charge in [-0.2, -0.15) is 0 Å². The molecule has 0 aliphatic heterocycles. The largest absolute Gasteiger partial charge is 0.460 e. The highest BCUT2D eigenvalue weighted by Crippen LogP contribution is 2.28. The van der Waals surface area contributed by atoms with Crippen molar-refractivity contribution in [3.05, 3.63) is 74.5 Å². The summed E-state index contributed by atoms with van der Waals surface area (Å²) in [6.07, 6.45) is 0. The first-order chi connectivity index (χ1) is 13.4. The number of fused-ring (bicyclic) bond motifs is 1. The molecule has 0 aliphatic carbocycles. The van der Waals surface area contributed by atoms with Gasteiger partial charge in [0.1, 0.15) is 12.2 Å². The maximum absolute atomic E-state index is 12.4. The molecule has 0 atom stereocenters. The SMILES string of the molecule is CCOC(=O)c1oc2ccccc2c1COC(=O)c1ccc([N+](=O)[O-])cc1Cl. The van der Waals surface area contributed by atoms with Gasteiger partial charge in [0.25, 0.3) is 5.69 Å². The second kappa shape index (κ2) is 8.10. The molecular weight excluding hydrogens is 390 g/mol. The fraction of sp³-hybridized carbons (Fsp3) is 0.158. The molecule has 0 amide bonds. The highest BCUT2D eigenvalue weighted by molar-refractivity contribution is 6.33. The van der Waals surface area contributed by atoms with Crippen molar-refractivity contribution in [2.24, 2.45) is 0 Å². The Hall–Kier alpha value is -3.39. The van der Waals surface area contributed by atoms with Crippen LogP contribution >= 0.6 is 11.6 Å². The van der Waals surface area contributed by atoms with E-state index in [4.69, 9.17) is 25.5 Å². The Balaban J connectivity index is 1.87. The van der Waals surface area contributed by atoms with Gasteiger partial charge in [-0.15, -0.1) is 0 Å². The molecule has 144 valence electrons. The summed E-state index contributed by atoms with van der Waals surface area (Å²) in [5, 5.41) is 11.3. The van der Waals surface area contributed by atoms with Crippen LogP contribution in [0.3, 0.4) is 0 Å². The molecule has 0 saturated heterocycles. The van der Waals surface area contributed by atoms with E-state index in [0.717, 1.165) is 12.1 Å². The van der Waals surface area contributed by atoms with E-state index in [-0.39, 0.29) is 35.2 Å². The number of nitrogens with zero attached hydrogens (tertiary/aromatic N) is 1. The average molecular weight is 404 g/mol. The summed E-state index contributed by atoms with van der Waals surface area (Å²) in [5.41, 5.74) is 0.537. The van der Waals surface area contributed by atoms with Gasteiger partial charge in [-0.3, -0.25) is 10.1 Å². The first-order valence-corrected chi connectivity index (χ1v) is 8.58. The van der Waals surface area contributed by atoms with E-state index in [1.54, 1.807) is 31.2 Å². The Morgan fingerprint density at radius 3 is 2.57 bits per heavy atom. The van der Waals surface area contributed by atoms with E-state index in [1.807, 2.05) is 0 Å². The monoisotopic (exact) mass is 403 g/mol. The molecule has 2 aromatic carbocycles. The van der Waals surface area contributed by atoms with Crippen LogP contribution in [-0.2, 0) is 16.1 Å². The lowest BCUT2D eigenvalue weighted by molar-refractivity contribution is -0.384. The summed E-state index contributed by atoms with van der Waals surface area (Å²) in [5.74, 6) is -1.51. The Kier molecular flexibility index (Phi) is 5.60. The number of carbonyl (C=O) groups excluding carboxylic acids is 2. The van der Waals surface area contributed by atoms with Gasteiger partial charge in [0.2, 0.25) is 5.76 Å². The van der Waals surface area contributed by atoms with E-state index in [1.165, 1.54) is 6.07 Å². The van der Waals surface area contributed by atoms with Crippen LogP contribution in [0, 0.1) is 10.1 Å². The number of hydrogen-bond donors (Lipinski definition) is 0. The fourth-order valence-corrected chi connectivity index (χ4v) is 2.85. The molecule has 0 fully saturated rings. The first-order valence-electron chi connectivity index (χ1n) is 8.21. The van der Waals surface area contributed by atoms with Crippen molar-refractivity contribution in [3.63, 3.8) is 0 Å². The normalized spacial score (nSPS) is 10.6. The van der Waals surface area contributed by atoms with Crippen LogP contribution in [0.15, 0.2) is 46.9 Å². The van der Waals surface area contributed by atoms with Crippen LogP contribution in [0.1, 0.15) is 33.4 Å². The smallest absolute Gasteiger partial charge is 0.374 e. The molecule has 9 heteroatoms. The van der Waals surface area contributed by atoms with Gasteiger partial charge < -0.3 is 13.9 Å². The second-order valence-electron chi connectivity index (χ2n) is 5.62. The van der Waals surface area contributed by atoms with Gasteiger partial charge in [0, 0.05) is 17.5 Å². The number of nitro groups is 1. The first kappa shape index (κ1) is 19.4. The number of hydrogen-bond acceptors (Lipinski definition) is 7. The molecule has 0 radical (unpaired) electrons. The van der Waals surface area contributed by atoms with E-state index >= 15 is 0 Å². The molecule has 0 spiro atoms. The number of para-hydroxylation sites is 1. The van der Waals surface area contributed by atoms with E-state index in [9.17, 15) is 19.7 Å². The Morgan fingerprint density at radius 2 is 1.89 bits per heavy atom. The van der Waals surface area contributed by atoms with Crippen LogP contribution in [0.2, 0.25) is 5.02 Å². The minimum atomic E-state index is -0.792. The minimum absolute atomic E-state index is 0.0299. The molecule has 3 aromatic rings. The number of ether oxygens (including phenoxy) is 2. The van der Waals surface area contributed by atoms with Crippen molar-refractivity contribution < 1.29 is 28.4 Å². The van der Waals surface area contributed by atoms with Crippen LogP contribution in [-0.4, -0.2) is 23.5 Å². The van der Waals surface area contributed by atoms with Gasteiger partial charge in [0.15, 0.2) is 0 Å². The molecule has 0 saturated carbocycles. The van der Waals surface area contributed by atoms with E-state index in [0.29, 0.717) is 16.5 Å². The van der Waals surface area contributed by atoms with Gasteiger partial charge in [0.05, 0.1) is 27.7 Å². The van der Waals surface area contributed by atoms with Crippen molar-refractivity contribution in [1.82, 2.24) is 0 Å². The number of benzene rings is 2. The summed E-state index contributed by atoms with van der Waals surface area (Å²) >= 11 is 5.95. The predicted molar refractivity (Wildman–Crippen MR) is 99.4 cm³/mol. The molecule has 3 rings (SSSR count). The van der Waals surface area contributed by atoms with Crippen LogP contribution in [0.25, 0.3) is 11.0 Å². The lowest BCUT2D eigenvalue weighted by Crippen LogP contribution is -2.10. The van der Waals surface area contributed by atoms with Gasteiger partial charge in [-0.05, 0) is 19.1 Å². The quantitative estimate of drug-likeness (QED) is 0.338. The third-order valence-electron chi connectivity index (χ3n) is 3.89. The predicted octanol–water partition coefficient (Wildman–Crippen LogP) is 4.53. The third-order valence-corrected chi connectivity index (χ3v) is 4.20. The van der Waals surface area contributed by atoms with E-state index in [2.05, 4.69) is 0 Å². The lowest BCUT2D eigenvalue weighted by Gasteiger charge is -2.07. The molecule has 0 N–H and O–H groups in total. The zero-order chi connectivity index (χ0) is 20.3. The number of carbonyl (C=O) groups is 2. The fourth-order valence-electron chi connectivity index (χ4n) is 2.60. The maximum atomic E-state index is 12.4. The van der Waals surface area contributed by atoms with Gasteiger partial charge in [-0.25, -0.2) is 9.59 Å². The topological polar surface area (TPSA) is 109 Å². The van der Waals surface area contributed by atoms with Crippen molar-refractivity contribution >= 4 is 40.2 Å². The highest BCUT2D eigenvalue weighted by Gasteiger charge is 2.23. The van der Waals surface area contributed by atoms with Crippen molar-refractivity contribution in [1.29, 1.82) is 0 Å². The molecule has 8 nitrogen and oxygen atoms in total. The molecular formula is C19H14ClNO7. The number of nitro benzene ring substituents is 1. The zero-order valence-electron chi connectivity index (χ0n) is 14.6. The third kappa shape index (κ3) is 3.81. The number of esters is 2. The lowest BCUT2D eigenvalue weighted by atomic mass is 10.1. The number of rotatable bonds is 6. The molecule has 0 aliphatic rings.